The van der Waals surface area contributed by atoms with Crippen LogP contribution in [0.5, 0.6) is 0 Å². The van der Waals surface area contributed by atoms with Gasteiger partial charge in [0.1, 0.15) is 5.54 Å². The minimum absolute atomic E-state index is 0.164. The zero-order chi connectivity index (χ0) is 10.3. The third-order valence-electron chi connectivity index (χ3n) is 1.86. The normalized spacial score (nSPS) is 11.4. The van der Waals surface area contributed by atoms with Gasteiger partial charge in [0.05, 0.1) is 6.61 Å². The molecule has 0 saturated carbocycles. The van der Waals surface area contributed by atoms with Crippen LogP contribution in [0.15, 0.2) is 0 Å². The summed E-state index contributed by atoms with van der Waals surface area (Å²) in [6.07, 6.45) is 1.99. The van der Waals surface area contributed by atoms with E-state index in [0.29, 0.717) is 6.61 Å². The molecule has 0 aromatic heterocycles. The maximum atomic E-state index is 11.4. The van der Waals surface area contributed by atoms with Crippen LogP contribution in [0.25, 0.3) is 0 Å². The van der Waals surface area contributed by atoms with E-state index in [1.165, 1.54) is 0 Å². The van der Waals surface area contributed by atoms with Gasteiger partial charge in [-0.15, -0.1) is 0 Å². The molecule has 0 spiro atoms. The van der Waals surface area contributed by atoms with Crippen LogP contribution in [-0.4, -0.2) is 24.7 Å². The van der Waals surface area contributed by atoms with Crippen molar-refractivity contribution < 1.29 is 9.53 Å². The van der Waals surface area contributed by atoms with Crippen molar-refractivity contribution in [3.8, 4) is 0 Å². The van der Waals surface area contributed by atoms with Crippen LogP contribution in [0.2, 0.25) is 0 Å². The molecule has 0 amide bonds. The van der Waals surface area contributed by atoms with Gasteiger partial charge in [0, 0.05) is 0 Å². The van der Waals surface area contributed by atoms with Crippen molar-refractivity contribution in [1.29, 1.82) is 0 Å². The molecule has 0 bridgehead atoms. The molecule has 0 aliphatic rings. The van der Waals surface area contributed by atoms with Gasteiger partial charge in [0.2, 0.25) is 0 Å². The number of likely N-dealkylation sites (N-methyl/N-ethyl adjacent to an activating group) is 1. The summed E-state index contributed by atoms with van der Waals surface area (Å²) in [5.74, 6) is -0.164. The maximum absolute atomic E-state index is 11.4. The van der Waals surface area contributed by atoms with Crippen LogP contribution in [0, 0.1) is 0 Å². The van der Waals surface area contributed by atoms with E-state index in [2.05, 4.69) is 12.2 Å². The van der Waals surface area contributed by atoms with Crippen molar-refractivity contribution in [2.45, 2.75) is 46.1 Å². The van der Waals surface area contributed by atoms with E-state index in [9.17, 15) is 4.79 Å². The summed E-state index contributed by atoms with van der Waals surface area (Å²) in [7, 11) is 0. The van der Waals surface area contributed by atoms with Crippen LogP contribution < -0.4 is 5.32 Å². The lowest BCUT2D eigenvalue weighted by Gasteiger charge is -2.23. The SMILES string of the molecule is CCCCOC(=O)C(C)(C)NCC. The maximum Gasteiger partial charge on any atom is 0.325 e. The fourth-order valence-electron chi connectivity index (χ4n) is 1.00. The zero-order valence-electron chi connectivity index (χ0n) is 9.14. The second kappa shape index (κ2) is 5.97. The van der Waals surface area contributed by atoms with Crippen LogP contribution in [0.4, 0.5) is 0 Å². The summed E-state index contributed by atoms with van der Waals surface area (Å²) >= 11 is 0. The molecule has 0 aromatic rings. The summed E-state index contributed by atoms with van der Waals surface area (Å²) in [6.45, 7) is 9.03. The van der Waals surface area contributed by atoms with E-state index < -0.39 is 5.54 Å². The number of carbonyl (C=O) groups excluding carboxylic acids is 1. The highest BCUT2D eigenvalue weighted by Crippen LogP contribution is 2.05. The molecule has 0 heterocycles. The van der Waals surface area contributed by atoms with Gasteiger partial charge in [-0.05, 0) is 26.8 Å². The summed E-state index contributed by atoms with van der Waals surface area (Å²) in [6, 6.07) is 0. The third-order valence-corrected chi connectivity index (χ3v) is 1.86. The molecule has 0 rings (SSSR count). The molecule has 13 heavy (non-hydrogen) atoms. The Morgan fingerprint density at radius 2 is 2.00 bits per heavy atom. The molecule has 0 radical (unpaired) electrons. The van der Waals surface area contributed by atoms with Gasteiger partial charge < -0.3 is 10.1 Å². The van der Waals surface area contributed by atoms with E-state index in [1.54, 1.807) is 0 Å². The van der Waals surface area contributed by atoms with E-state index in [4.69, 9.17) is 4.74 Å². The van der Waals surface area contributed by atoms with Crippen molar-refractivity contribution >= 4 is 5.97 Å². The monoisotopic (exact) mass is 187 g/mol. The molecule has 3 nitrogen and oxygen atoms in total. The minimum atomic E-state index is -0.553. The standard InChI is InChI=1S/C10H21NO2/c1-5-7-8-13-9(12)10(3,4)11-6-2/h11H,5-8H2,1-4H3. The van der Waals surface area contributed by atoms with Gasteiger partial charge in [-0.2, -0.15) is 0 Å². The highest BCUT2D eigenvalue weighted by Gasteiger charge is 2.27. The number of rotatable bonds is 6. The predicted octanol–water partition coefficient (Wildman–Crippen LogP) is 1.72. The molecule has 0 atom stereocenters. The van der Waals surface area contributed by atoms with Crippen LogP contribution in [0.3, 0.4) is 0 Å². The Hall–Kier alpha value is -0.570. The van der Waals surface area contributed by atoms with Gasteiger partial charge in [-0.1, -0.05) is 20.3 Å². The van der Waals surface area contributed by atoms with Crippen molar-refractivity contribution in [2.24, 2.45) is 0 Å². The second-order valence-electron chi connectivity index (χ2n) is 3.64. The minimum Gasteiger partial charge on any atom is -0.464 e. The highest BCUT2D eigenvalue weighted by molar-refractivity contribution is 5.79. The van der Waals surface area contributed by atoms with Gasteiger partial charge in [0.25, 0.3) is 0 Å². The van der Waals surface area contributed by atoms with Gasteiger partial charge in [-0.3, -0.25) is 4.79 Å². The Morgan fingerprint density at radius 3 is 2.46 bits per heavy atom. The lowest BCUT2D eigenvalue weighted by molar-refractivity contribution is -0.150. The number of esters is 1. The zero-order valence-corrected chi connectivity index (χ0v) is 9.14. The number of hydrogen-bond acceptors (Lipinski definition) is 3. The first-order valence-electron chi connectivity index (χ1n) is 4.96. The molecule has 0 aliphatic heterocycles. The first-order valence-corrected chi connectivity index (χ1v) is 4.96. The van der Waals surface area contributed by atoms with Crippen molar-refractivity contribution in [3.05, 3.63) is 0 Å². The van der Waals surface area contributed by atoms with Gasteiger partial charge in [-0.25, -0.2) is 0 Å². The third kappa shape index (κ3) is 4.88. The van der Waals surface area contributed by atoms with Crippen LogP contribution in [-0.2, 0) is 9.53 Å². The lowest BCUT2D eigenvalue weighted by atomic mass is 10.1. The molecule has 0 fully saturated rings. The molecule has 3 heteroatoms. The number of carbonyl (C=O) groups is 1. The van der Waals surface area contributed by atoms with E-state index >= 15 is 0 Å². The molecule has 0 aliphatic carbocycles. The van der Waals surface area contributed by atoms with E-state index in [1.807, 2.05) is 20.8 Å². The van der Waals surface area contributed by atoms with Crippen molar-refractivity contribution in [1.82, 2.24) is 5.32 Å². The van der Waals surface area contributed by atoms with Crippen LogP contribution >= 0.6 is 0 Å². The largest absolute Gasteiger partial charge is 0.464 e. The highest BCUT2D eigenvalue weighted by atomic mass is 16.5. The number of ether oxygens (including phenoxy) is 1. The average Bonchev–Trinajstić information content (AvgIpc) is 2.04. The molecule has 0 unspecified atom stereocenters. The molecule has 0 saturated heterocycles. The average molecular weight is 187 g/mol. The second-order valence-corrected chi connectivity index (χ2v) is 3.64. The summed E-state index contributed by atoms with van der Waals surface area (Å²) in [4.78, 5) is 11.4. The summed E-state index contributed by atoms with van der Waals surface area (Å²) < 4.78 is 5.10. The Balaban J connectivity index is 3.80. The molecule has 0 aromatic carbocycles. The summed E-state index contributed by atoms with van der Waals surface area (Å²) in [5.41, 5.74) is -0.553. The summed E-state index contributed by atoms with van der Waals surface area (Å²) in [5, 5.41) is 3.07. The lowest BCUT2D eigenvalue weighted by Crippen LogP contribution is -2.47. The predicted molar refractivity (Wildman–Crippen MR) is 53.6 cm³/mol. The Morgan fingerprint density at radius 1 is 1.38 bits per heavy atom. The van der Waals surface area contributed by atoms with E-state index in [0.717, 1.165) is 19.4 Å². The Kier molecular flexibility index (Phi) is 5.71. The fourth-order valence-corrected chi connectivity index (χ4v) is 1.00. The Bertz CT molecular complexity index is 155. The first-order chi connectivity index (χ1) is 6.04. The molecule has 1 N–H and O–H groups in total. The number of hydrogen-bond donors (Lipinski definition) is 1. The molecular formula is C10H21NO2. The van der Waals surface area contributed by atoms with Crippen molar-refractivity contribution in [3.63, 3.8) is 0 Å². The molecule has 78 valence electrons. The van der Waals surface area contributed by atoms with Gasteiger partial charge >= 0.3 is 5.97 Å². The quantitative estimate of drug-likeness (QED) is 0.508. The first kappa shape index (κ1) is 12.4. The number of unbranched alkanes of at least 4 members (excludes halogenated alkanes) is 1. The fraction of sp³-hybridized carbons (Fsp3) is 0.900. The van der Waals surface area contributed by atoms with Crippen LogP contribution in [0.1, 0.15) is 40.5 Å². The van der Waals surface area contributed by atoms with Crippen molar-refractivity contribution in [2.75, 3.05) is 13.2 Å². The smallest absolute Gasteiger partial charge is 0.325 e. The molecular weight excluding hydrogens is 166 g/mol. The Labute approximate surface area is 80.8 Å². The topological polar surface area (TPSA) is 38.3 Å². The number of nitrogens with one attached hydrogen (secondary N) is 1. The van der Waals surface area contributed by atoms with E-state index in [-0.39, 0.29) is 5.97 Å². The van der Waals surface area contributed by atoms with Gasteiger partial charge in [0.15, 0.2) is 0 Å².